The fourth-order valence-electron chi connectivity index (χ4n) is 1.75. The van der Waals surface area contributed by atoms with Gasteiger partial charge in [-0.3, -0.25) is 15.5 Å². The van der Waals surface area contributed by atoms with Crippen molar-refractivity contribution in [1.29, 1.82) is 5.41 Å². The molecule has 1 heterocycles. The Morgan fingerprint density at radius 1 is 1.67 bits per heavy atom. The Labute approximate surface area is 88.9 Å². The number of carboxylic acid groups (broad SMARTS) is 1. The van der Waals surface area contributed by atoms with E-state index in [1.807, 2.05) is 0 Å². The lowest BCUT2D eigenvalue weighted by Crippen LogP contribution is -2.56. The second kappa shape index (κ2) is 4.97. The smallest absolute Gasteiger partial charge is 0.320 e. The number of nitrogens with two attached hydrogens (primary N) is 1. The first-order valence-corrected chi connectivity index (χ1v) is 5.12. The Morgan fingerprint density at radius 3 is 2.87 bits per heavy atom. The molecule has 1 fully saturated rings. The van der Waals surface area contributed by atoms with Crippen molar-refractivity contribution < 1.29 is 9.90 Å². The lowest BCUT2D eigenvalue weighted by atomic mass is 10.1. The van der Waals surface area contributed by atoms with Gasteiger partial charge in [0.15, 0.2) is 5.96 Å². The number of guanidine groups is 1. The zero-order valence-corrected chi connectivity index (χ0v) is 8.86. The highest BCUT2D eigenvalue weighted by Gasteiger charge is 2.26. The molecule has 0 amide bonds. The lowest BCUT2D eigenvalue weighted by Gasteiger charge is -2.37. The molecule has 1 saturated heterocycles. The minimum atomic E-state index is -0.885. The highest BCUT2D eigenvalue weighted by Crippen LogP contribution is 2.14. The van der Waals surface area contributed by atoms with Crippen molar-refractivity contribution in [2.75, 3.05) is 6.54 Å². The molecule has 2 atom stereocenters. The molecule has 0 saturated carbocycles. The molecule has 1 aliphatic heterocycles. The average Bonchev–Trinajstić information content (AvgIpc) is 2.18. The first-order valence-electron chi connectivity index (χ1n) is 5.12. The van der Waals surface area contributed by atoms with Gasteiger partial charge in [-0.2, -0.15) is 0 Å². The molecule has 86 valence electrons. The Hall–Kier alpha value is -1.30. The van der Waals surface area contributed by atoms with E-state index in [4.69, 9.17) is 16.2 Å². The summed E-state index contributed by atoms with van der Waals surface area (Å²) in [6.07, 6.45) is 2.74. The van der Waals surface area contributed by atoms with Gasteiger partial charge >= 0.3 is 5.97 Å². The largest absolute Gasteiger partial charge is 0.480 e. The number of nitrogens with zero attached hydrogens (tertiary/aromatic N) is 1. The number of piperidine rings is 1. The van der Waals surface area contributed by atoms with Crippen LogP contribution >= 0.6 is 0 Å². The van der Waals surface area contributed by atoms with Gasteiger partial charge in [0.05, 0.1) is 6.17 Å². The average molecular weight is 214 g/mol. The van der Waals surface area contributed by atoms with E-state index in [0.717, 1.165) is 25.8 Å². The van der Waals surface area contributed by atoms with Gasteiger partial charge in [-0.15, -0.1) is 0 Å². The summed E-state index contributed by atoms with van der Waals surface area (Å²) in [7, 11) is 0. The van der Waals surface area contributed by atoms with Crippen molar-refractivity contribution in [1.82, 2.24) is 10.2 Å². The summed E-state index contributed by atoms with van der Waals surface area (Å²) in [5.41, 5.74) is 5.43. The van der Waals surface area contributed by atoms with Crippen molar-refractivity contribution in [3.63, 3.8) is 0 Å². The van der Waals surface area contributed by atoms with E-state index in [-0.39, 0.29) is 12.1 Å². The summed E-state index contributed by atoms with van der Waals surface area (Å²) in [4.78, 5) is 12.4. The van der Waals surface area contributed by atoms with Crippen LogP contribution in [0, 0.1) is 5.41 Å². The Kier molecular flexibility index (Phi) is 3.90. The molecule has 1 unspecified atom stereocenters. The van der Waals surface area contributed by atoms with Gasteiger partial charge in [-0.05, 0) is 26.2 Å². The van der Waals surface area contributed by atoms with Crippen LogP contribution in [0.4, 0.5) is 0 Å². The van der Waals surface area contributed by atoms with Crippen molar-refractivity contribution in [2.45, 2.75) is 38.4 Å². The van der Waals surface area contributed by atoms with Crippen LogP contribution in [0.25, 0.3) is 0 Å². The fourth-order valence-corrected chi connectivity index (χ4v) is 1.75. The SMILES string of the molecule is C[C@H](NC1CCCCN1C(=N)N)C(=O)O. The molecule has 0 aromatic carbocycles. The summed E-state index contributed by atoms with van der Waals surface area (Å²) in [5, 5.41) is 19.1. The quantitative estimate of drug-likeness (QED) is 0.383. The van der Waals surface area contributed by atoms with Gasteiger partial charge in [0.1, 0.15) is 6.04 Å². The summed E-state index contributed by atoms with van der Waals surface area (Å²) in [6.45, 7) is 2.31. The fraction of sp³-hybridized carbons (Fsp3) is 0.778. The summed E-state index contributed by atoms with van der Waals surface area (Å²) < 4.78 is 0. The molecule has 0 radical (unpaired) electrons. The minimum Gasteiger partial charge on any atom is -0.480 e. The van der Waals surface area contributed by atoms with Gasteiger partial charge in [0.25, 0.3) is 0 Å². The van der Waals surface area contributed by atoms with Crippen LogP contribution in [0.3, 0.4) is 0 Å². The minimum absolute atomic E-state index is 0.00443. The van der Waals surface area contributed by atoms with E-state index < -0.39 is 12.0 Å². The predicted octanol–water partition coefficient (Wildman–Crippen LogP) is -0.245. The number of aliphatic carboxylic acids is 1. The normalized spacial score (nSPS) is 23.5. The van der Waals surface area contributed by atoms with E-state index in [1.165, 1.54) is 0 Å². The predicted molar refractivity (Wildman–Crippen MR) is 56.5 cm³/mol. The Morgan fingerprint density at radius 2 is 2.33 bits per heavy atom. The summed E-state index contributed by atoms with van der Waals surface area (Å²) in [5.74, 6) is -0.881. The molecule has 6 heteroatoms. The monoisotopic (exact) mass is 214 g/mol. The van der Waals surface area contributed by atoms with Crippen LogP contribution in [-0.2, 0) is 4.79 Å². The second-order valence-corrected chi connectivity index (χ2v) is 3.82. The van der Waals surface area contributed by atoms with Crippen LogP contribution in [0.1, 0.15) is 26.2 Å². The highest BCUT2D eigenvalue weighted by atomic mass is 16.4. The van der Waals surface area contributed by atoms with E-state index in [2.05, 4.69) is 5.32 Å². The van der Waals surface area contributed by atoms with Gasteiger partial charge in [-0.1, -0.05) is 0 Å². The van der Waals surface area contributed by atoms with Gasteiger partial charge in [0.2, 0.25) is 0 Å². The molecule has 0 aliphatic carbocycles. The van der Waals surface area contributed by atoms with Crippen molar-refractivity contribution in [3.05, 3.63) is 0 Å². The van der Waals surface area contributed by atoms with Gasteiger partial charge in [-0.25, -0.2) is 0 Å². The maximum atomic E-state index is 10.7. The number of hydrogen-bond acceptors (Lipinski definition) is 3. The number of rotatable bonds is 3. The number of likely N-dealkylation sites (tertiary alicyclic amines) is 1. The third-order valence-electron chi connectivity index (χ3n) is 2.63. The van der Waals surface area contributed by atoms with E-state index in [9.17, 15) is 4.79 Å². The molecule has 6 nitrogen and oxygen atoms in total. The van der Waals surface area contributed by atoms with Crippen LogP contribution in [0.5, 0.6) is 0 Å². The molecule has 0 spiro atoms. The van der Waals surface area contributed by atoms with Gasteiger partial charge < -0.3 is 15.7 Å². The third-order valence-corrected chi connectivity index (χ3v) is 2.63. The van der Waals surface area contributed by atoms with Crippen molar-refractivity contribution >= 4 is 11.9 Å². The molecule has 0 aromatic rings. The topological polar surface area (TPSA) is 102 Å². The Balaban J connectivity index is 2.56. The van der Waals surface area contributed by atoms with Crippen LogP contribution in [0.2, 0.25) is 0 Å². The lowest BCUT2D eigenvalue weighted by molar-refractivity contribution is -0.139. The number of carboxylic acids is 1. The molecular formula is C9H18N4O2. The second-order valence-electron chi connectivity index (χ2n) is 3.82. The van der Waals surface area contributed by atoms with Crippen molar-refractivity contribution in [3.8, 4) is 0 Å². The summed E-state index contributed by atoms with van der Waals surface area (Å²) in [6, 6.07) is -0.616. The molecule has 15 heavy (non-hydrogen) atoms. The summed E-state index contributed by atoms with van der Waals surface area (Å²) >= 11 is 0. The zero-order chi connectivity index (χ0) is 11.4. The van der Waals surface area contributed by atoms with E-state index in [0.29, 0.717) is 0 Å². The molecule has 5 N–H and O–H groups in total. The number of nitrogens with one attached hydrogen (secondary N) is 2. The molecule has 1 aliphatic rings. The molecule has 0 bridgehead atoms. The molecule has 0 aromatic heterocycles. The zero-order valence-electron chi connectivity index (χ0n) is 8.86. The van der Waals surface area contributed by atoms with Crippen molar-refractivity contribution in [2.24, 2.45) is 5.73 Å². The van der Waals surface area contributed by atoms with E-state index >= 15 is 0 Å². The van der Waals surface area contributed by atoms with E-state index in [1.54, 1.807) is 11.8 Å². The first kappa shape index (κ1) is 11.8. The highest BCUT2D eigenvalue weighted by molar-refractivity contribution is 5.75. The molecule has 1 rings (SSSR count). The number of hydrogen-bond donors (Lipinski definition) is 4. The Bertz CT molecular complexity index is 256. The third kappa shape index (κ3) is 3.09. The number of carbonyl (C=O) groups is 1. The van der Waals surface area contributed by atoms with Crippen LogP contribution in [0.15, 0.2) is 0 Å². The first-order chi connectivity index (χ1) is 7.02. The van der Waals surface area contributed by atoms with Gasteiger partial charge in [0, 0.05) is 6.54 Å². The molecular weight excluding hydrogens is 196 g/mol. The van der Waals surface area contributed by atoms with Crippen LogP contribution < -0.4 is 11.1 Å². The van der Waals surface area contributed by atoms with Crippen LogP contribution in [-0.4, -0.2) is 40.7 Å². The maximum Gasteiger partial charge on any atom is 0.320 e. The standard InChI is InChI=1S/C9H18N4O2/c1-6(8(14)15)12-7-4-2-3-5-13(7)9(10)11/h6-7,12H,2-5H2,1H3,(H3,10,11)(H,14,15)/t6-,7?/m0/s1. The maximum absolute atomic E-state index is 10.7.